The van der Waals surface area contributed by atoms with E-state index >= 15 is 0 Å². The molecule has 4 rings (SSSR count). The number of nitrogens with zero attached hydrogens (tertiary/aromatic N) is 6. The molecule has 37 heavy (non-hydrogen) atoms. The second-order valence-electron chi connectivity index (χ2n) is 10.3. The van der Waals surface area contributed by atoms with Crippen LogP contribution in [0.25, 0.3) is 11.3 Å². The van der Waals surface area contributed by atoms with Gasteiger partial charge < -0.3 is 19.4 Å². The minimum absolute atomic E-state index is 0.0425. The van der Waals surface area contributed by atoms with Gasteiger partial charge in [-0.25, -0.2) is 14.8 Å². The number of amides is 2. The highest BCUT2D eigenvalue weighted by Gasteiger charge is 2.36. The smallest absolute Gasteiger partial charge is 0.433 e. The van der Waals surface area contributed by atoms with Gasteiger partial charge in [0.25, 0.3) is 0 Å². The Balaban J connectivity index is 1.40. The number of hydrogen-bond donors (Lipinski definition) is 0. The van der Waals surface area contributed by atoms with Gasteiger partial charge in [-0.15, -0.1) is 0 Å². The van der Waals surface area contributed by atoms with Crippen LogP contribution >= 0.6 is 0 Å². The van der Waals surface area contributed by atoms with Gasteiger partial charge in [0, 0.05) is 56.2 Å². The largest absolute Gasteiger partial charge is 0.444 e. The zero-order valence-corrected chi connectivity index (χ0v) is 21.4. The maximum Gasteiger partial charge on any atom is 0.433 e. The molecule has 0 unspecified atom stereocenters. The Bertz CT molecular complexity index is 1140. The van der Waals surface area contributed by atoms with E-state index < -0.39 is 23.6 Å². The van der Waals surface area contributed by atoms with Crippen LogP contribution < -0.4 is 4.90 Å². The van der Waals surface area contributed by atoms with Crippen molar-refractivity contribution < 1.29 is 27.5 Å². The second-order valence-corrected chi connectivity index (χ2v) is 10.3. The fourth-order valence-corrected chi connectivity index (χ4v) is 4.08. The topological polar surface area (TPSA) is 91.8 Å². The maximum atomic E-state index is 13.5. The average molecular weight is 521 g/mol. The number of carbonyl (C=O) groups is 2. The minimum atomic E-state index is -4.60. The molecule has 0 saturated carbocycles. The molecule has 2 aromatic heterocycles. The van der Waals surface area contributed by atoms with Gasteiger partial charge in [0.2, 0.25) is 11.9 Å². The number of rotatable bonds is 4. The molecule has 12 heteroatoms. The summed E-state index contributed by atoms with van der Waals surface area (Å²) in [6.45, 7) is 9.44. The number of pyridine rings is 1. The molecule has 4 heterocycles. The zero-order chi connectivity index (χ0) is 27.0. The highest BCUT2D eigenvalue weighted by atomic mass is 19.4. The molecule has 2 aliphatic heterocycles. The number of carbonyl (C=O) groups excluding carboxylic acids is 2. The van der Waals surface area contributed by atoms with Crippen molar-refractivity contribution in [2.24, 2.45) is 0 Å². The molecule has 2 saturated heterocycles. The van der Waals surface area contributed by atoms with Crippen molar-refractivity contribution in [2.45, 2.75) is 58.4 Å². The third kappa shape index (κ3) is 6.47. The zero-order valence-electron chi connectivity index (χ0n) is 21.4. The monoisotopic (exact) mass is 520 g/mol. The number of halogens is 3. The molecular formula is C25H31F3N6O3. The van der Waals surface area contributed by atoms with Gasteiger partial charge in [0.05, 0.1) is 12.1 Å². The summed E-state index contributed by atoms with van der Waals surface area (Å²) in [5, 5.41) is 0. The van der Waals surface area contributed by atoms with Crippen molar-refractivity contribution in [2.75, 3.05) is 37.6 Å². The van der Waals surface area contributed by atoms with E-state index in [9.17, 15) is 22.8 Å². The third-order valence-electron chi connectivity index (χ3n) is 6.32. The van der Waals surface area contributed by atoms with Crippen molar-refractivity contribution in [3.8, 4) is 11.3 Å². The normalized spacial score (nSPS) is 18.5. The number of aromatic nitrogens is 3. The third-order valence-corrected chi connectivity index (χ3v) is 6.32. The van der Waals surface area contributed by atoms with E-state index in [1.54, 1.807) is 47.6 Å². The summed E-state index contributed by atoms with van der Waals surface area (Å²) in [4.78, 5) is 42.4. The molecule has 0 aliphatic carbocycles. The Labute approximate surface area is 213 Å². The Morgan fingerprint density at radius 1 is 1.03 bits per heavy atom. The number of hydrogen-bond acceptors (Lipinski definition) is 7. The van der Waals surface area contributed by atoms with Crippen LogP contribution in [0.3, 0.4) is 0 Å². The van der Waals surface area contributed by atoms with E-state index in [0.717, 1.165) is 12.5 Å². The highest BCUT2D eigenvalue weighted by Crippen LogP contribution is 2.33. The molecule has 0 spiro atoms. The van der Waals surface area contributed by atoms with E-state index in [1.807, 2.05) is 6.92 Å². The fourth-order valence-electron chi connectivity index (χ4n) is 4.08. The molecule has 0 radical (unpaired) electrons. The van der Waals surface area contributed by atoms with Gasteiger partial charge in [-0.2, -0.15) is 13.2 Å². The minimum Gasteiger partial charge on any atom is -0.444 e. The van der Waals surface area contributed by atoms with Crippen molar-refractivity contribution >= 4 is 17.9 Å². The van der Waals surface area contributed by atoms with Crippen LogP contribution in [-0.2, 0) is 22.1 Å². The Kier molecular flexibility index (Phi) is 7.29. The van der Waals surface area contributed by atoms with Gasteiger partial charge in [0.15, 0.2) is 5.69 Å². The van der Waals surface area contributed by atoms with E-state index in [4.69, 9.17) is 4.74 Å². The van der Waals surface area contributed by atoms with Crippen molar-refractivity contribution in [1.82, 2.24) is 24.8 Å². The van der Waals surface area contributed by atoms with Gasteiger partial charge in [0.1, 0.15) is 5.60 Å². The van der Waals surface area contributed by atoms with E-state index in [0.29, 0.717) is 44.0 Å². The first-order chi connectivity index (χ1) is 17.3. The van der Waals surface area contributed by atoms with Crippen LogP contribution in [0.2, 0.25) is 0 Å². The molecule has 0 bridgehead atoms. The number of anilines is 1. The lowest BCUT2D eigenvalue weighted by atomic mass is 10.1. The number of ether oxygens (including phenoxy) is 1. The molecule has 2 aromatic rings. The fraction of sp³-hybridized carbons (Fsp3) is 0.560. The Morgan fingerprint density at radius 2 is 1.70 bits per heavy atom. The molecule has 200 valence electrons. The molecular weight excluding hydrogens is 489 g/mol. The molecule has 9 nitrogen and oxygen atoms in total. The van der Waals surface area contributed by atoms with Gasteiger partial charge in [-0.1, -0.05) is 0 Å². The van der Waals surface area contributed by atoms with Crippen molar-refractivity contribution in [3.63, 3.8) is 0 Å². The molecule has 0 aromatic carbocycles. The molecule has 0 N–H and O–H groups in total. The summed E-state index contributed by atoms with van der Waals surface area (Å²) in [5.74, 6) is -0.0899. The van der Waals surface area contributed by atoms with E-state index in [1.165, 1.54) is 6.20 Å². The van der Waals surface area contributed by atoms with Gasteiger partial charge in [-0.05, 0) is 52.3 Å². The van der Waals surface area contributed by atoms with Crippen LogP contribution in [-0.4, -0.2) is 81.1 Å². The van der Waals surface area contributed by atoms with Crippen LogP contribution in [0.4, 0.5) is 23.9 Å². The Morgan fingerprint density at radius 3 is 2.22 bits per heavy atom. The maximum absolute atomic E-state index is 13.5. The standard InChI is InChI=1S/C25H31F3N6O3/c1-16-7-8-34(16)22-30-19(14-20(31-22)25(26,27)28)17-5-6-18(29-15-17)13-21(35)32-9-11-33(12-10-32)23(36)37-24(2,3)4/h5-6,14-16H,7-13H2,1-4H3/t16-/m0/s1. The lowest BCUT2D eigenvalue weighted by molar-refractivity contribution is -0.141. The van der Waals surface area contributed by atoms with Crippen molar-refractivity contribution in [1.29, 1.82) is 0 Å². The predicted octanol–water partition coefficient (Wildman–Crippen LogP) is 3.78. The summed E-state index contributed by atoms with van der Waals surface area (Å²) < 4.78 is 45.8. The summed E-state index contributed by atoms with van der Waals surface area (Å²) in [7, 11) is 0. The Hall–Kier alpha value is -3.44. The van der Waals surface area contributed by atoms with Gasteiger partial charge >= 0.3 is 12.3 Å². The molecule has 1 atom stereocenters. The number of alkyl halides is 3. The van der Waals surface area contributed by atoms with Crippen LogP contribution in [0.1, 0.15) is 45.5 Å². The van der Waals surface area contributed by atoms with E-state index in [2.05, 4.69) is 15.0 Å². The molecule has 2 fully saturated rings. The van der Waals surface area contributed by atoms with Crippen molar-refractivity contribution in [3.05, 3.63) is 35.8 Å². The highest BCUT2D eigenvalue weighted by molar-refractivity contribution is 5.79. The lowest BCUT2D eigenvalue weighted by Gasteiger charge is -2.38. The summed E-state index contributed by atoms with van der Waals surface area (Å²) in [6.07, 6.45) is -2.67. The second kappa shape index (κ2) is 10.1. The summed E-state index contributed by atoms with van der Waals surface area (Å²) >= 11 is 0. The number of piperazine rings is 1. The predicted molar refractivity (Wildman–Crippen MR) is 130 cm³/mol. The van der Waals surface area contributed by atoms with Crippen LogP contribution in [0.5, 0.6) is 0 Å². The van der Waals surface area contributed by atoms with Crippen LogP contribution in [0.15, 0.2) is 24.4 Å². The quantitative estimate of drug-likeness (QED) is 0.606. The summed E-state index contributed by atoms with van der Waals surface area (Å²) in [5.41, 5.74) is -0.567. The summed E-state index contributed by atoms with van der Waals surface area (Å²) in [6, 6.07) is 4.22. The van der Waals surface area contributed by atoms with E-state index in [-0.39, 0.29) is 30.0 Å². The van der Waals surface area contributed by atoms with Gasteiger partial charge in [-0.3, -0.25) is 9.78 Å². The first-order valence-corrected chi connectivity index (χ1v) is 12.2. The first-order valence-electron chi connectivity index (χ1n) is 12.2. The lowest BCUT2D eigenvalue weighted by Crippen LogP contribution is -2.52. The van der Waals surface area contributed by atoms with Crippen LogP contribution in [0, 0.1) is 0 Å². The SMILES string of the molecule is C[C@H]1CCN1c1nc(-c2ccc(CC(=O)N3CCN(C(=O)OC(C)(C)C)CC3)nc2)cc(C(F)(F)F)n1. The molecule has 2 amide bonds. The average Bonchev–Trinajstić information content (AvgIpc) is 2.82. The first kappa shape index (κ1) is 26.6. The molecule has 2 aliphatic rings.